The predicted molar refractivity (Wildman–Crippen MR) is 97.7 cm³/mol. The average Bonchev–Trinajstić information content (AvgIpc) is 3.04. The summed E-state index contributed by atoms with van der Waals surface area (Å²) in [6.07, 6.45) is 0.0904. The number of carbonyl (C=O) groups excluding carboxylic acids is 3. The van der Waals surface area contributed by atoms with Crippen LogP contribution in [0.2, 0.25) is 0 Å². The highest BCUT2D eigenvalue weighted by atomic mass is 16.5. The molecule has 134 valence electrons. The summed E-state index contributed by atoms with van der Waals surface area (Å²) in [5, 5.41) is 2.71. The molecule has 3 rings (SSSR count). The van der Waals surface area contributed by atoms with E-state index < -0.39 is 17.8 Å². The van der Waals surface area contributed by atoms with Crippen LogP contribution in [0.5, 0.6) is 0 Å². The second kappa shape index (κ2) is 7.82. The van der Waals surface area contributed by atoms with Crippen molar-refractivity contribution in [2.24, 2.45) is 5.92 Å². The van der Waals surface area contributed by atoms with Crippen molar-refractivity contribution in [3.05, 3.63) is 60.2 Å². The number of amides is 2. The Morgan fingerprint density at radius 3 is 2.54 bits per heavy atom. The molecular formula is C20H20N2O4. The smallest absolute Gasteiger partial charge is 0.311 e. The van der Waals surface area contributed by atoms with Crippen molar-refractivity contribution >= 4 is 29.2 Å². The number of nitrogens with zero attached hydrogens (tertiary/aromatic N) is 1. The zero-order valence-corrected chi connectivity index (χ0v) is 14.5. The van der Waals surface area contributed by atoms with Gasteiger partial charge in [0.15, 0.2) is 6.61 Å². The Labute approximate surface area is 151 Å². The van der Waals surface area contributed by atoms with Crippen molar-refractivity contribution in [1.82, 2.24) is 0 Å². The van der Waals surface area contributed by atoms with E-state index in [-0.39, 0.29) is 25.5 Å². The Balaban J connectivity index is 1.52. The van der Waals surface area contributed by atoms with Crippen molar-refractivity contribution in [3.63, 3.8) is 0 Å². The highest BCUT2D eigenvalue weighted by molar-refractivity contribution is 6.00. The molecule has 0 saturated carbocycles. The first-order chi connectivity index (χ1) is 12.5. The SMILES string of the molecule is Cc1ccccc1NC(=O)COC(=O)[C@@H]1CC(=O)N(c2ccccc2)C1. The molecule has 2 aromatic rings. The average molecular weight is 352 g/mol. The number of anilines is 2. The lowest BCUT2D eigenvalue weighted by atomic mass is 10.1. The third kappa shape index (κ3) is 4.08. The van der Waals surface area contributed by atoms with E-state index in [0.29, 0.717) is 5.69 Å². The molecule has 2 aromatic carbocycles. The minimum Gasteiger partial charge on any atom is -0.455 e. The van der Waals surface area contributed by atoms with E-state index in [4.69, 9.17) is 4.74 Å². The zero-order chi connectivity index (χ0) is 18.5. The molecule has 0 radical (unpaired) electrons. The Kier molecular flexibility index (Phi) is 5.31. The number of hydrogen-bond acceptors (Lipinski definition) is 4. The maximum Gasteiger partial charge on any atom is 0.311 e. The van der Waals surface area contributed by atoms with E-state index in [9.17, 15) is 14.4 Å². The van der Waals surface area contributed by atoms with Crippen LogP contribution in [0.15, 0.2) is 54.6 Å². The summed E-state index contributed by atoms with van der Waals surface area (Å²) in [5.74, 6) is -1.62. The maximum absolute atomic E-state index is 12.2. The lowest BCUT2D eigenvalue weighted by molar-refractivity contribution is -0.151. The van der Waals surface area contributed by atoms with E-state index in [1.807, 2.05) is 55.5 Å². The Bertz CT molecular complexity index is 820. The summed E-state index contributed by atoms with van der Waals surface area (Å²) in [6.45, 7) is 1.77. The van der Waals surface area contributed by atoms with Gasteiger partial charge >= 0.3 is 5.97 Å². The summed E-state index contributed by atoms with van der Waals surface area (Å²) in [5.41, 5.74) is 2.36. The minimum atomic E-state index is -0.561. The van der Waals surface area contributed by atoms with Gasteiger partial charge in [-0.2, -0.15) is 0 Å². The fourth-order valence-corrected chi connectivity index (χ4v) is 2.88. The van der Waals surface area contributed by atoms with Crippen LogP contribution in [0.1, 0.15) is 12.0 Å². The molecule has 0 spiro atoms. The number of ether oxygens (including phenoxy) is 1. The van der Waals surface area contributed by atoms with Gasteiger partial charge in [0.2, 0.25) is 5.91 Å². The largest absolute Gasteiger partial charge is 0.455 e. The molecule has 0 bridgehead atoms. The third-order valence-corrected chi connectivity index (χ3v) is 4.29. The Hall–Kier alpha value is -3.15. The van der Waals surface area contributed by atoms with Gasteiger partial charge in [-0.3, -0.25) is 14.4 Å². The number of para-hydroxylation sites is 2. The minimum absolute atomic E-state index is 0.0904. The summed E-state index contributed by atoms with van der Waals surface area (Å²) >= 11 is 0. The zero-order valence-electron chi connectivity index (χ0n) is 14.5. The molecule has 6 nitrogen and oxygen atoms in total. The van der Waals surface area contributed by atoms with Crippen LogP contribution in [0.3, 0.4) is 0 Å². The highest BCUT2D eigenvalue weighted by Crippen LogP contribution is 2.25. The van der Waals surface area contributed by atoms with E-state index >= 15 is 0 Å². The standard InChI is InChI=1S/C20H20N2O4/c1-14-7-5-6-10-17(14)21-18(23)13-26-20(25)15-11-19(24)22(12-15)16-8-3-2-4-9-16/h2-10,15H,11-13H2,1H3,(H,21,23)/t15-/m1/s1. The number of carbonyl (C=O) groups is 3. The lowest BCUT2D eigenvalue weighted by Crippen LogP contribution is -2.28. The van der Waals surface area contributed by atoms with E-state index in [1.54, 1.807) is 11.0 Å². The summed E-state index contributed by atoms with van der Waals surface area (Å²) < 4.78 is 5.10. The fraction of sp³-hybridized carbons (Fsp3) is 0.250. The molecule has 0 aromatic heterocycles. The molecule has 26 heavy (non-hydrogen) atoms. The second-order valence-electron chi connectivity index (χ2n) is 6.21. The normalized spacial score (nSPS) is 16.4. The molecule has 1 aliphatic rings. The van der Waals surface area contributed by atoms with Crippen molar-refractivity contribution in [2.75, 3.05) is 23.4 Å². The van der Waals surface area contributed by atoms with Crippen LogP contribution >= 0.6 is 0 Å². The number of esters is 1. The molecule has 2 amide bonds. The van der Waals surface area contributed by atoms with Gasteiger partial charge in [0.25, 0.3) is 5.91 Å². The molecule has 0 aliphatic carbocycles. The number of nitrogens with one attached hydrogen (secondary N) is 1. The predicted octanol–water partition coefficient (Wildman–Crippen LogP) is 2.53. The van der Waals surface area contributed by atoms with Gasteiger partial charge in [-0.05, 0) is 30.7 Å². The number of benzene rings is 2. The first-order valence-electron chi connectivity index (χ1n) is 8.42. The molecule has 1 fully saturated rings. The number of aryl methyl sites for hydroxylation is 1. The van der Waals surface area contributed by atoms with Crippen LogP contribution in [0.25, 0.3) is 0 Å². The highest BCUT2D eigenvalue weighted by Gasteiger charge is 2.36. The van der Waals surface area contributed by atoms with E-state index in [0.717, 1.165) is 11.3 Å². The fourth-order valence-electron chi connectivity index (χ4n) is 2.88. The van der Waals surface area contributed by atoms with Gasteiger partial charge in [0.1, 0.15) is 0 Å². The molecule has 1 heterocycles. The lowest BCUT2D eigenvalue weighted by Gasteiger charge is -2.16. The van der Waals surface area contributed by atoms with E-state index in [2.05, 4.69) is 5.32 Å². The molecule has 1 saturated heterocycles. The molecule has 0 unspecified atom stereocenters. The van der Waals surface area contributed by atoms with Crippen LogP contribution in [0.4, 0.5) is 11.4 Å². The summed E-state index contributed by atoms with van der Waals surface area (Å²) in [4.78, 5) is 37.9. The first kappa shape index (κ1) is 17.7. The van der Waals surface area contributed by atoms with Crippen LogP contribution in [-0.2, 0) is 19.1 Å². The molecule has 1 aliphatic heterocycles. The van der Waals surface area contributed by atoms with Crippen molar-refractivity contribution in [1.29, 1.82) is 0 Å². The molecular weight excluding hydrogens is 332 g/mol. The van der Waals surface area contributed by atoms with Gasteiger partial charge in [-0.25, -0.2) is 0 Å². The van der Waals surface area contributed by atoms with Gasteiger partial charge in [0, 0.05) is 24.3 Å². The monoisotopic (exact) mass is 352 g/mol. The van der Waals surface area contributed by atoms with Crippen LogP contribution in [-0.4, -0.2) is 30.9 Å². The quantitative estimate of drug-likeness (QED) is 0.839. The van der Waals surface area contributed by atoms with Gasteiger partial charge in [-0.1, -0.05) is 36.4 Å². The van der Waals surface area contributed by atoms with Crippen LogP contribution < -0.4 is 10.2 Å². The second-order valence-corrected chi connectivity index (χ2v) is 6.21. The van der Waals surface area contributed by atoms with Gasteiger partial charge in [-0.15, -0.1) is 0 Å². The van der Waals surface area contributed by atoms with Crippen LogP contribution in [0, 0.1) is 12.8 Å². The van der Waals surface area contributed by atoms with Crippen molar-refractivity contribution in [2.45, 2.75) is 13.3 Å². The topological polar surface area (TPSA) is 75.7 Å². The van der Waals surface area contributed by atoms with Crippen molar-refractivity contribution in [3.8, 4) is 0 Å². The third-order valence-electron chi connectivity index (χ3n) is 4.29. The summed E-state index contributed by atoms with van der Waals surface area (Å²) in [7, 11) is 0. The maximum atomic E-state index is 12.2. The molecule has 1 atom stereocenters. The van der Waals surface area contributed by atoms with Crippen molar-refractivity contribution < 1.29 is 19.1 Å². The first-order valence-corrected chi connectivity index (χ1v) is 8.42. The van der Waals surface area contributed by atoms with E-state index in [1.165, 1.54) is 0 Å². The summed E-state index contributed by atoms with van der Waals surface area (Å²) in [6, 6.07) is 16.5. The molecule has 6 heteroatoms. The number of rotatable bonds is 5. The Morgan fingerprint density at radius 2 is 1.81 bits per heavy atom. The molecule has 1 N–H and O–H groups in total. The number of hydrogen-bond donors (Lipinski definition) is 1. The van der Waals surface area contributed by atoms with Gasteiger partial charge in [0.05, 0.1) is 5.92 Å². The van der Waals surface area contributed by atoms with Gasteiger partial charge < -0.3 is 15.0 Å². The Morgan fingerprint density at radius 1 is 1.12 bits per heavy atom.